The van der Waals surface area contributed by atoms with E-state index in [1.807, 2.05) is 0 Å². The fraction of sp³-hybridized carbons (Fsp3) is 0.588. The number of hydrogen-bond acceptors (Lipinski definition) is 3. The van der Waals surface area contributed by atoms with Crippen LogP contribution in [0.15, 0.2) is 24.3 Å². The number of benzene rings is 1. The first-order valence-electron chi connectivity index (χ1n) is 8.07. The lowest BCUT2D eigenvalue weighted by Gasteiger charge is -2.28. The number of nitrogens with zero attached hydrogens (tertiary/aromatic N) is 1. The molecule has 1 saturated heterocycles. The van der Waals surface area contributed by atoms with Gasteiger partial charge in [-0.1, -0.05) is 0 Å². The maximum Gasteiger partial charge on any atom is 0.306 e. The van der Waals surface area contributed by atoms with E-state index in [2.05, 4.69) is 34.5 Å². The van der Waals surface area contributed by atoms with Crippen LogP contribution < -0.4 is 10.2 Å². The Morgan fingerprint density at radius 2 is 1.67 bits per heavy atom. The highest BCUT2D eigenvalue weighted by Crippen LogP contribution is 2.28. The second-order valence-corrected chi connectivity index (χ2v) is 6.27. The van der Waals surface area contributed by atoms with Gasteiger partial charge in [-0.25, -0.2) is 0 Å². The quantitative estimate of drug-likeness (QED) is 0.892. The Morgan fingerprint density at radius 1 is 1.05 bits per heavy atom. The van der Waals surface area contributed by atoms with Crippen LogP contribution in [-0.4, -0.2) is 30.2 Å². The van der Waals surface area contributed by atoms with Gasteiger partial charge >= 0.3 is 5.97 Å². The molecule has 1 saturated carbocycles. The predicted molar refractivity (Wildman–Crippen MR) is 84.9 cm³/mol. The minimum atomic E-state index is -0.636. The van der Waals surface area contributed by atoms with E-state index in [1.54, 1.807) is 0 Å². The van der Waals surface area contributed by atoms with Crippen molar-refractivity contribution in [3.8, 4) is 0 Å². The molecule has 2 N–H and O–H groups in total. The number of carboxylic acids is 1. The molecule has 0 unspecified atom stereocenters. The van der Waals surface area contributed by atoms with Crippen molar-refractivity contribution in [2.45, 2.75) is 44.6 Å². The van der Waals surface area contributed by atoms with Crippen molar-refractivity contribution in [1.82, 2.24) is 0 Å². The van der Waals surface area contributed by atoms with E-state index < -0.39 is 5.97 Å². The van der Waals surface area contributed by atoms with Crippen molar-refractivity contribution in [3.05, 3.63) is 24.3 Å². The van der Waals surface area contributed by atoms with Gasteiger partial charge in [0, 0.05) is 30.5 Å². The lowest BCUT2D eigenvalue weighted by molar-refractivity contribution is -0.142. The molecule has 1 aliphatic heterocycles. The van der Waals surface area contributed by atoms with Crippen LogP contribution in [0.4, 0.5) is 11.4 Å². The number of carboxylic acid groups (broad SMARTS) is 1. The summed E-state index contributed by atoms with van der Waals surface area (Å²) in [5.74, 6) is -0.774. The van der Waals surface area contributed by atoms with Crippen LogP contribution in [-0.2, 0) is 4.79 Å². The summed E-state index contributed by atoms with van der Waals surface area (Å²) < 4.78 is 0. The molecule has 1 heterocycles. The number of carbonyl (C=O) groups is 1. The Bertz CT molecular complexity index is 472. The van der Waals surface area contributed by atoms with E-state index in [0.29, 0.717) is 6.04 Å². The van der Waals surface area contributed by atoms with Gasteiger partial charge < -0.3 is 15.3 Å². The Kier molecular flexibility index (Phi) is 4.32. The first-order chi connectivity index (χ1) is 10.2. The van der Waals surface area contributed by atoms with Crippen LogP contribution in [0.1, 0.15) is 38.5 Å². The van der Waals surface area contributed by atoms with E-state index in [9.17, 15) is 4.79 Å². The smallest absolute Gasteiger partial charge is 0.306 e. The third-order valence-corrected chi connectivity index (χ3v) is 4.79. The van der Waals surface area contributed by atoms with Crippen molar-refractivity contribution >= 4 is 17.3 Å². The Labute approximate surface area is 126 Å². The molecule has 114 valence electrons. The molecule has 1 aromatic rings. The van der Waals surface area contributed by atoms with Gasteiger partial charge in [0.25, 0.3) is 0 Å². The highest BCUT2D eigenvalue weighted by molar-refractivity contribution is 5.70. The fourth-order valence-electron chi connectivity index (χ4n) is 3.46. The largest absolute Gasteiger partial charge is 0.481 e. The minimum absolute atomic E-state index is 0.138. The summed E-state index contributed by atoms with van der Waals surface area (Å²) >= 11 is 0. The maximum absolute atomic E-state index is 11.0. The molecule has 0 bridgehead atoms. The molecular formula is C17H24N2O2. The number of anilines is 2. The van der Waals surface area contributed by atoms with Crippen molar-refractivity contribution in [1.29, 1.82) is 0 Å². The average Bonchev–Trinajstić information content (AvgIpc) is 3.03. The predicted octanol–water partition coefficient (Wildman–Crippen LogP) is 3.34. The second kappa shape index (κ2) is 6.37. The van der Waals surface area contributed by atoms with E-state index in [0.717, 1.165) is 31.4 Å². The Morgan fingerprint density at radius 3 is 2.24 bits per heavy atom. The molecule has 0 spiro atoms. The molecule has 0 aromatic heterocycles. The molecular weight excluding hydrogens is 264 g/mol. The second-order valence-electron chi connectivity index (χ2n) is 6.27. The van der Waals surface area contributed by atoms with Crippen molar-refractivity contribution in [2.75, 3.05) is 23.3 Å². The summed E-state index contributed by atoms with van der Waals surface area (Å²) in [4.78, 5) is 13.4. The van der Waals surface area contributed by atoms with Crippen molar-refractivity contribution in [3.63, 3.8) is 0 Å². The fourth-order valence-corrected chi connectivity index (χ4v) is 3.46. The molecule has 0 radical (unpaired) electrons. The molecule has 4 nitrogen and oxygen atoms in total. The first-order valence-corrected chi connectivity index (χ1v) is 8.07. The molecule has 3 rings (SSSR count). The number of hydrogen-bond donors (Lipinski definition) is 2. The molecule has 1 aromatic carbocycles. The summed E-state index contributed by atoms with van der Waals surface area (Å²) in [5.41, 5.74) is 2.46. The minimum Gasteiger partial charge on any atom is -0.481 e. The lowest BCUT2D eigenvalue weighted by atomic mass is 9.86. The molecule has 0 atom stereocenters. The van der Waals surface area contributed by atoms with Crippen LogP contribution in [0.2, 0.25) is 0 Å². The van der Waals surface area contributed by atoms with Gasteiger partial charge in [0.05, 0.1) is 5.92 Å². The van der Waals surface area contributed by atoms with Gasteiger partial charge in [-0.3, -0.25) is 4.79 Å². The molecule has 0 amide bonds. The summed E-state index contributed by atoms with van der Waals surface area (Å²) in [6.45, 7) is 2.35. The Hall–Kier alpha value is -1.71. The average molecular weight is 288 g/mol. The molecule has 2 aliphatic rings. The topological polar surface area (TPSA) is 52.6 Å². The number of aliphatic carboxylic acids is 1. The lowest BCUT2D eigenvalue weighted by Crippen LogP contribution is -2.29. The van der Waals surface area contributed by atoms with Gasteiger partial charge in [0.2, 0.25) is 0 Å². The van der Waals surface area contributed by atoms with Gasteiger partial charge in [-0.05, 0) is 62.8 Å². The van der Waals surface area contributed by atoms with Crippen LogP contribution in [0.5, 0.6) is 0 Å². The zero-order chi connectivity index (χ0) is 14.7. The van der Waals surface area contributed by atoms with Crippen LogP contribution in [0.3, 0.4) is 0 Å². The normalized spacial score (nSPS) is 25.8. The molecule has 21 heavy (non-hydrogen) atoms. The van der Waals surface area contributed by atoms with Gasteiger partial charge in [0.15, 0.2) is 0 Å². The third kappa shape index (κ3) is 3.49. The van der Waals surface area contributed by atoms with Crippen LogP contribution in [0.25, 0.3) is 0 Å². The SMILES string of the molecule is O=C(O)C1CCC(Nc2ccc(N3CCCC3)cc2)CC1. The molecule has 2 fully saturated rings. The van der Waals surface area contributed by atoms with Crippen LogP contribution >= 0.6 is 0 Å². The zero-order valence-corrected chi connectivity index (χ0v) is 12.4. The van der Waals surface area contributed by atoms with Gasteiger partial charge in [-0.2, -0.15) is 0 Å². The molecule has 4 heteroatoms. The highest BCUT2D eigenvalue weighted by Gasteiger charge is 2.25. The summed E-state index contributed by atoms with van der Waals surface area (Å²) in [6.07, 6.45) is 6.08. The number of nitrogens with one attached hydrogen (secondary N) is 1. The van der Waals surface area contributed by atoms with E-state index >= 15 is 0 Å². The zero-order valence-electron chi connectivity index (χ0n) is 12.4. The monoisotopic (exact) mass is 288 g/mol. The number of rotatable bonds is 4. The molecule has 1 aliphatic carbocycles. The van der Waals surface area contributed by atoms with Crippen LogP contribution in [0, 0.1) is 5.92 Å². The summed E-state index contributed by atoms with van der Waals surface area (Å²) in [5, 5.41) is 12.6. The van der Waals surface area contributed by atoms with Gasteiger partial charge in [-0.15, -0.1) is 0 Å². The third-order valence-electron chi connectivity index (χ3n) is 4.79. The highest BCUT2D eigenvalue weighted by atomic mass is 16.4. The first kappa shape index (κ1) is 14.2. The van der Waals surface area contributed by atoms with Gasteiger partial charge in [0.1, 0.15) is 0 Å². The van der Waals surface area contributed by atoms with E-state index in [1.165, 1.54) is 31.6 Å². The van der Waals surface area contributed by atoms with Crippen molar-refractivity contribution in [2.24, 2.45) is 5.92 Å². The van der Waals surface area contributed by atoms with Crippen molar-refractivity contribution < 1.29 is 9.90 Å². The standard InChI is InChI=1S/C17H24N2O2/c20-17(21)13-3-5-14(6-4-13)18-15-7-9-16(10-8-15)19-11-1-2-12-19/h7-10,13-14,18H,1-6,11-12H2,(H,20,21). The Balaban J connectivity index is 1.52. The summed E-state index contributed by atoms with van der Waals surface area (Å²) in [6, 6.07) is 9.10. The van der Waals surface area contributed by atoms with E-state index in [-0.39, 0.29) is 5.92 Å². The van der Waals surface area contributed by atoms with E-state index in [4.69, 9.17) is 5.11 Å². The maximum atomic E-state index is 11.0. The summed E-state index contributed by atoms with van der Waals surface area (Å²) in [7, 11) is 0.